The van der Waals surface area contributed by atoms with Gasteiger partial charge in [-0.1, -0.05) is 19.4 Å². The van der Waals surface area contributed by atoms with Crippen molar-refractivity contribution in [3.05, 3.63) is 11.6 Å². The monoisotopic (exact) mass is 304 g/mol. The van der Waals surface area contributed by atoms with Gasteiger partial charge in [-0.3, -0.25) is 9.89 Å². The summed E-state index contributed by atoms with van der Waals surface area (Å²) in [5.41, 5.74) is 1.65. The summed E-state index contributed by atoms with van der Waals surface area (Å²) in [4.78, 5) is 7.47. The van der Waals surface area contributed by atoms with Crippen LogP contribution in [0.2, 0.25) is 0 Å². The number of aliphatic imine (C=N–C) groups is 1. The van der Waals surface area contributed by atoms with E-state index in [2.05, 4.69) is 44.9 Å². The molecular weight excluding hydrogens is 272 g/mol. The summed E-state index contributed by atoms with van der Waals surface area (Å²) in [7, 11) is 0. The topological polar surface area (TPSA) is 24.8 Å². The van der Waals surface area contributed by atoms with Gasteiger partial charge in [-0.2, -0.15) is 0 Å². The average Bonchev–Trinajstić information content (AvgIpc) is 2.45. The third-order valence-electron chi connectivity index (χ3n) is 5.44. The molecule has 124 valence electrons. The van der Waals surface area contributed by atoms with Crippen LogP contribution in [0.1, 0.15) is 53.4 Å². The van der Waals surface area contributed by atoms with Crippen molar-refractivity contribution in [1.29, 1.82) is 0 Å². The van der Waals surface area contributed by atoms with Crippen molar-refractivity contribution < 1.29 is 4.74 Å². The van der Waals surface area contributed by atoms with Crippen molar-refractivity contribution in [1.82, 2.24) is 4.90 Å². The molecule has 0 bridgehead atoms. The van der Waals surface area contributed by atoms with E-state index in [1.54, 1.807) is 5.57 Å². The van der Waals surface area contributed by atoms with Crippen LogP contribution < -0.4 is 0 Å². The Balaban J connectivity index is 1.68. The van der Waals surface area contributed by atoms with Gasteiger partial charge < -0.3 is 4.74 Å². The highest BCUT2D eigenvalue weighted by molar-refractivity contribution is 5.74. The van der Waals surface area contributed by atoms with Crippen molar-refractivity contribution >= 4 is 6.21 Å². The lowest BCUT2D eigenvalue weighted by Crippen LogP contribution is -2.52. The van der Waals surface area contributed by atoms with Crippen LogP contribution in [0, 0.1) is 11.8 Å². The van der Waals surface area contributed by atoms with Crippen LogP contribution in [0.25, 0.3) is 0 Å². The van der Waals surface area contributed by atoms with Gasteiger partial charge in [0.25, 0.3) is 0 Å². The molecule has 22 heavy (non-hydrogen) atoms. The normalized spacial score (nSPS) is 39.7. The smallest absolute Gasteiger partial charge is 0.0678 e. The zero-order valence-corrected chi connectivity index (χ0v) is 14.7. The van der Waals surface area contributed by atoms with E-state index in [1.807, 2.05) is 0 Å². The molecule has 1 aliphatic carbocycles. The minimum atomic E-state index is 0.372. The molecule has 5 unspecified atom stereocenters. The highest BCUT2D eigenvalue weighted by atomic mass is 16.5. The molecule has 0 radical (unpaired) electrons. The van der Waals surface area contributed by atoms with E-state index in [0.29, 0.717) is 24.2 Å². The van der Waals surface area contributed by atoms with E-state index >= 15 is 0 Å². The van der Waals surface area contributed by atoms with Gasteiger partial charge >= 0.3 is 0 Å². The minimum Gasteiger partial charge on any atom is -0.373 e. The predicted octanol–water partition coefficient (Wildman–Crippen LogP) is 3.69. The van der Waals surface area contributed by atoms with Crippen LogP contribution in [-0.4, -0.2) is 48.5 Å². The second kappa shape index (κ2) is 6.84. The standard InChI is InChI=1S/C19H32N2O/c1-13(2)9-16-7-8-20-19-6-5-17(10-18(16)19)21-11-14(3)22-15(4)12-21/h7-8,13-15,17-19H,5-6,9-12H2,1-4H3. The first-order valence-electron chi connectivity index (χ1n) is 9.14. The maximum Gasteiger partial charge on any atom is 0.0678 e. The molecule has 0 spiro atoms. The van der Waals surface area contributed by atoms with Crippen LogP contribution in [0.15, 0.2) is 16.6 Å². The average molecular weight is 304 g/mol. The van der Waals surface area contributed by atoms with Crippen molar-refractivity contribution in [3.63, 3.8) is 0 Å². The van der Waals surface area contributed by atoms with Crippen LogP contribution in [-0.2, 0) is 4.74 Å². The second-order valence-corrected chi connectivity index (χ2v) is 7.99. The molecule has 3 rings (SSSR count). The second-order valence-electron chi connectivity index (χ2n) is 7.99. The molecule has 3 aliphatic rings. The minimum absolute atomic E-state index is 0.372. The Kier molecular flexibility index (Phi) is 5.03. The third-order valence-corrected chi connectivity index (χ3v) is 5.44. The quantitative estimate of drug-likeness (QED) is 0.794. The Morgan fingerprint density at radius 2 is 1.95 bits per heavy atom. The maximum atomic E-state index is 5.91. The number of ether oxygens (including phenoxy) is 1. The van der Waals surface area contributed by atoms with E-state index in [1.165, 1.54) is 25.7 Å². The van der Waals surface area contributed by atoms with Crippen molar-refractivity contribution in [2.75, 3.05) is 13.1 Å². The molecule has 3 heteroatoms. The fourth-order valence-corrected chi connectivity index (χ4v) is 4.62. The number of hydrogen-bond donors (Lipinski definition) is 0. The fraction of sp³-hybridized carbons (Fsp3) is 0.842. The van der Waals surface area contributed by atoms with E-state index in [0.717, 1.165) is 25.0 Å². The van der Waals surface area contributed by atoms with Gasteiger partial charge in [0.15, 0.2) is 0 Å². The van der Waals surface area contributed by atoms with Gasteiger partial charge in [-0.05, 0) is 51.5 Å². The molecule has 2 fully saturated rings. The van der Waals surface area contributed by atoms with Crippen molar-refractivity contribution in [2.45, 2.75) is 77.7 Å². The number of rotatable bonds is 3. The summed E-state index contributed by atoms with van der Waals surface area (Å²) < 4.78 is 5.91. The van der Waals surface area contributed by atoms with Crippen LogP contribution >= 0.6 is 0 Å². The lowest BCUT2D eigenvalue weighted by molar-refractivity contribution is -0.0861. The molecule has 2 heterocycles. The Morgan fingerprint density at radius 1 is 1.23 bits per heavy atom. The van der Waals surface area contributed by atoms with Gasteiger partial charge in [0.2, 0.25) is 0 Å². The van der Waals surface area contributed by atoms with Gasteiger partial charge in [-0.15, -0.1) is 0 Å². The molecule has 2 aliphatic heterocycles. The molecule has 1 saturated heterocycles. The summed E-state index contributed by atoms with van der Waals surface area (Å²) in [5.74, 6) is 1.42. The van der Waals surface area contributed by atoms with Gasteiger partial charge in [0.05, 0.1) is 18.2 Å². The number of fused-ring (bicyclic) bond motifs is 1. The number of nitrogens with zero attached hydrogens (tertiary/aromatic N) is 2. The SMILES string of the molecule is CC(C)CC1=CC=NC2CCC(N3CC(C)OC(C)C3)CC12. The lowest BCUT2D eigenvalue weighted by Gasteiger charge is -2.45. The Hall–Kier alpha value is -0.670. The summed E-state index contributed by atoms with van der Waals surface area (Å²) in [6, 6.07) is 1.27. The first kappa shape index (κ1) is 16.2. The Morgan fingerprint density at radius 3 is 2.64 bits per heavy atom. The van der Waals surface area contributed by atoms with Gasteiger partial charge in [0.1, 0.15) is 0 Å². The molecule has 3 nitrogen and oxygen atoms in total. The van der Waals surface area contributed by atoms with E-state index in [4.69, 9.17) is 9.73 Å². The molecule has 1 saturated carbocycles. The first-order chi connectivity index (χ1) is 10.5. The van der Waals surface area contributed by atoms with E-state index in [9.17, 15) is 0 Å². The van der Waals surface area contributed by atoms with Crippen molar-refractivity contribution in [2.24, 2.45) is 16.8 Å². The number of allylic oxidation sites excluding steroid dienone is 1. The third kappa shape index (κ3) is 3.62. The predicted molar refractivity (Wildman–Crippen MR) is 92.5 cm³/mol. The Bertz CT molecular complexity index is 433. The van der Waals surface area contributed by atoms with Crippen LogP contribution in [0.3, 0.4) is 0 Å². The van der Waals surface area contributed by atoms with E-state index in [-0.39, 0.29) is 0 Å². The zero-order valence-electron chi connectivity index (χ0n) is 14.7. The fourth-order valence-electron chi connectivity index (χ4n) is 4.62. The molecule has 0 amide bonds. The van der Waals surface area contributed by atoms with Crippen LogP contribution in [0.4, 0.5) is 0 Å². The molecule has 0 aromatic heterocycles. The highest BCUT2D eigenvalue weighted by Crippen LogP contribution is 2.39. The summed E-state index contributed by atoms with van der Waals surface area (Å²) in [6.45, 7) is 11.3. The Labute approximate surface area is 135 Å². The number of morpholine rings is 1. The van der Waals surface area contributed by atoms with Crippen molar-refractivity contribution in [3.8, 4) is 0 Å². The molecule has 5 atom stereocenters. The summed E-state index contributed by atoms with van der Waals surface area (Å²) in [6.07, 6.45) is 10.2. The molecule has 0 aromatic carbocycles. The summed E-state index contributed by atoms with van der Waals surface area (Å²) in [5, 5.41) is 0. The van der Waals surface area contributed by atoms with Crippen LogP contribution in [0.5, 0.6) is 0 Å². The first-order valence-corrected chi connectivity index (χ1v) is 9.14. The molecule has 0 N–H and O–H groups in total. The maximum absolute atomic E-state index is 5.91. The summed E-state index contributed by atoms with van der Waals surface area (Å²) >= 11 is 0. The number of hydrogen-bond acceptors (Lipinski definition) is 3. The largest absolute Gasteiger partial charge is 0.373 e. The van der Waals surface area contributed by atoms with E-state index < -0.39 is 0 Å². The van der Waals surface area contributed by atoms with Gasteiger partial charge in [0, 0.05) is 31.3 Å². The molecule has 0 aromatic rings. The van der Waals surface area contributed by atoms with Gasteiger partial charge in [-0.25, -0.2) is 0 Å². The number of dihydropyridines is 1. The molecular formula is C19H32N2O. The lowest BCUT2D eigenvalue weighted by atomic mass is 9.74. The zero-order chi connectivity index (χ0) is 15.7. The highest BCUT2D eigenvalue weighted by Gasteiger charge is 2.37.